The summed E-state index contributed by atoms with van der Waals surface area (Å²) in [6.45, 7) is 0. The SMILES string of the molecule is N#Cc1nnn(-c2cccc([N+](=O)[O-])c2)c1Cc1cccs1. The summed E-state index contributed by atoms with van der Waals surface area (Å²) in [5.74, 6) is 0. The third kappa shape index (κ3) is 2.57. The van der Waals surface area contributed by atoms with Gasteiger partial charge in [-0.15, -0.1) is 16.4 Å². The summed E-state index contributed by atoms with van der Waals surface area (Å²) in [4.78, 5) is 11.5. The summed E-state index contributed by atoms with van der Waals surface area (Å²) in [5, 5.41) is 29.8. The van der Waals surface area contributed by atoms with Gasteiger partial charge >= 0.3 is 0 Å². The number of rotatable bonds is 4. The van der Waals surface area contributed by atoms with E-state index in [1.54, 1.807) is 23.5 Å². The summed E-state index contributed by atoms with van der Waals surface area (Å²) in [6, 6.07) is 12.0. The van der Waals surface area contributed by atoms with Crippen molar-refractivity contribution in [1.82, 2.24) is 15.0 Å². The lowest BCUT2D eigenvalue weighted by Crippen LogP contribution is -2.04. The van der Waals surface area contributed by atoms with Crippen molar-refractivity contribution < 1.29 is 4.92 Å². The third-order valence-electron chi connectivity index (χ3n) is 3.08. The van der Waals surface area contributed by atoms with Crippen LogP contribution in [0, 0.1) is 21.4 Å². The van der Waals surface area contributed by atoms with Crippen LogP contribution in [0.15, 0.2) is 41.8 Å². The molecule has 0 unspecified atom stereocenters. The van der Waals surface area contributed by atoms with E-state index in [1.165, 1.54) is 16.8 Å². The first-order chi connectivity index (χ1) is 10.7. The lowest BCUT2D eigenvalue weighted by atomic mass is 10.2. The number of nitro groups is 1. The maximum absolute atomic E-state index is 10.9. The standard InChI is InChI=1S/C14H9N5O2S/c15-9-13-14(8-12-5-2-6-22-12)18(17-16-13)10-3-1-4-11(7-10)19(20)21/h1-7H,8H2. The fourth-order valence-corrected chi connectivity index (χ4v) is 2.78. The Bertz CT molecular complexity index is 864. The van der Waals surface area contributed by atoms with E-state index in [2.05, 4.69) is 10.3 Å². The lowest BCUT2D eigenvalue weighted by molar-refractivity contribution is -0.384. The minimum Gasteiger partial charge on any atom is -0.258 e. The number of hydrogen-bond donors (Lipinski definition) is 0. The van der Waals surface area contributed by atoms with Gasteiger partial charge in [-0.1, -0.05) is 17.3 Å². The van der Waals surface area contributed by atoms with Crippen molar-refractivity contribution in [2.75, 3.05) is 0 Å². The van der Waals surface area contributed by atoms with Gasteiger partial charge in [0.2, 0.25) is 0 Å². The quantitative estimate of drug-likeness (QED) is 0.545. The summed E-state index contributed by atoms with van der Waals surface area (Å²) in [6.07, 6.45) is 0.496. The van der Waals surface area contributed by atoms with E-state index in [-0.39, 0.29) is 11.4 Å². The molecule has 1 aromatic carbocycles. The first-order valence-electron chi connectivity index (χ1n) is 6.31. The molecule has 8 heteroatoms. The number of thiophene rings is 1. The first-order valence-corrected chi connectivity index (χ1v) is 7.19. The van der Waals surface area contributed by atoms with Gasteiger partial charge < -0.3 is 0 Å². The van der Waals surface area contributed by atoms with Gasteiger partial charge in [0.15, 0.2) is 5.69 Å². The summed E-state index contributed by atoms with van der Waals surface area (Å²) in [7, 11) is 0. The molecule has 3 rings (SSSR count). The molecule has 2 aromatic heterocycles. The minimum atomic E-state index is -0.468. The van der Waals surface area contributed by atoms with Gasteiger partial charge in [-0.2, -0.15) is 5.26 Å². The Balaban J connectivity index is 2.08. The first kappa shape index (κ1) is 13.9. The molecule has 108 valence electrons. The van der Waals surface area contributed by atoms with Crippen LogP contribution >= 0.6 is 11.3 Å². The molecule has 0 aliphatic carbocycles. The van der Waals surface area contributed by atoms with E-state index in [1.807, 2.05) is 23.6 Å². The topological polar surface area (TPSA) is 97.6 Å². The second-order valence-electron chi connectivity index (χ2n) is 4.44. The molecule has 0 saturated heterocycles. The van der Waals surface area contributed by atoms with Crippen molar-refractivity contribution >= 4 is 17.0 Å². The molecule has 0 fully saturated rings. The average Bonchev–Trinajstić information content (AvgIpc) is 3.17. The van der Waals surface area contributed by atoms with Crippen molar-refractivity contribution in [3.63, 3.8) is 0 Å². The number of non-ortho nitro benzene ring substituents is 1. The Labute approximate surface area is 129 Å². The number of benzene rings is 1. The Morgan fingerprint density at radius 2 is 2.23 bits per heavy atom. The lowest BCUT2D eigenvalue weighted by Gasteiger charge is -2.05. The zero-order valence-corrected chi connectivity index (χ0v) is 12.0. The van der Waals surface area contributed by atoms with Crippen molar-refractivity contribution in [2.24, 2.45) is 0 Å². The highest BCUT2D eigenvalue weighted by molar-refractivity contribution is 7.09. The van der Waals surface area contributed by atoms with E-state index in [9.17, 15) is 15.4 Å². The molecule has 0 atom stereocenters. The molecule has 0 aliphatic rings. The second-order valence-corrected chi connectivity index (χ2v) is 5.47. The average molecular weight is 311 g/mol. The highest BCUT2D eigenvalue weighted by Gasteiger charge is 2.16. The van der Waals surface area contributed by atoms with Crippen LogP contribution in [-0.4, -0.2) is 19.9 Å². The van der Waals surface area contributed by atoms with Gasteiger partial charge in [-0.25, -0.2) is 4.68 Å². The molecule has 3 aromatic rings. The fourth-order valence-electron chi connectivity index (χ4n) is 2.07. The van der Waals surface area contributed by atoms with Crippen LogP contribution in [0.25, 0.3) is 5.69 Å². The van der Waals surface area contributed by atoms with E-state index in [0.717, 1.165) is 4.88 Å². The van der Waals surface area contributed by atoms with Gasteiger partial charge in [0.25, 0.3) is 5.69 Å². The van der Waals surface area contributed by atoms with Crippen LogP contribution in [0.4, 0.5) is 5.69 Å². The smallest absolute Gasteiger partial charge is 0.258 e. The predicted molar refractivity (Wildman–Crippen MR) is 79.9 cm³/mol. The second kappa shape index (κ2) is 5.75. The Hall–Kier alpha value is -3.05. The molecule has 0 saturated carbocycles. The number of nitrogens with zero attached hydrogens (tertiary/aromatic N) is 5. The largest absolute Gasteiger partial charge is 0.271 e. The van der Waals surface area contributed by atoms with E-state index >= 15 is 0 Å². The van der Waals surface area contributed by atoms with Crippen LogP contribution in [0.2, 0.25) is 0 Å². The number of nitro benzene ring substituents is 1. The highest BCUT2D eigenvalue weighted by Crippen LogP contribution is 2.22. The normalized spacial score (nSPS) is 10.3. The summed E-state index contributed by atoms with van der Waals surface area (Å²) < 4.78 is 1.48. The molecule has 2 heterocycles. The Morgan fingerprint density at radius 1 is 1.36 bits per heavy atom. The van der Waals surface area contributed by atoms with Crippen LogP contribution in [0.1, 0.15) is 16.3 Å². The Morgan fingerprint density at radius 3 is 2.91 bits per heavy atom. The monoisotopic (exact) mass is 311 g/mol. The van der Waals surface area contributed by atoms with Crippen LogP contribution in [0.5, 0.6) is 0 Å². The number of aromatic nitrogens is 3. The van der Waals surface area contributed by atoms with E-state index < -0.39 is 4.92 Å². The van der Waals surface area contributed by atoms with Crippen LogP contribution in [0.3, 0.4) is 0 Å². The molecule has 0 spiro atoms. The summed E-state index contributed by atoms with van der Waals surface area (Å²) >= 11 is 1.57. The van der Waals surface area contributed by atoms with Gasteiger partial charge in [-0.3, -0.25) is 10.1 Å². The maximum Gasteiger partial charge on any atom is 0.271 e. The molecule has 0 amide bonds. The summed E-state index contributed by atoms with van der Waals surface area (Å²) in [5.41, 5.74) is 1.31. The molecule has 7 nitrogen and oxygen atoms in total. The van der Waals surface area contributed by atoms with Gasteiger partial charge in [0, 0.05) is 23.4 Å². The predicted octanol–water partition coefficient (Wildman–Crippen LogP) is 2.70. The van der Waals surface area contributed by atoms with Crippen molar-refractivity contribution in [3.05, 3.63) is 68.2 Å². The molecule has 0 aliphatic heterocycles. The zero-order chi connectivity index (χ0) is 15.5. The molecule has 0 radical (unpaired) electrons. The van der Waals surface area contributed by atoms with Crippen molar-refractivity contribution in [3.8, 4) is 11.8 Å². The van der Waals surface area contributed by atoms with Crippen molar-refractivity contribution in [2.45, 2.75) is 6.42 Å². The van der Waals surface area contributed by atoms with Crippen molar-refractivity contribution in [1.29, 1.82) is 5.26 Å². The molecule has 0 bridgehead atoms. The minimum absolute atomic E-state index is 0.0337. The number of nitriles is 1. The zero-order valence-electron chi connectivity index (χ0n) is 11.2. The van der Waals surface area contributed by atoms with Gasteiger partial charge in [0.05, 0.1) is 16.3 Å². The number of hydrogen-bond acceptors (Lipinski definition) is 6. The maximum atomic E-state index is 10.9. The van der Waals surface area contributed by atoms with Gasteiger partial charge in [-0.05, 0) is 17.5 Å². The molecular formula is C14H9N5O2S. The third-order valence-corrected chi connectivity index (χ3v) is 3.95. The highest BCUT2D eigenvalue weighted by atomic mass is 32.1. The van der Waals surface area contributed by atoms with Gasteiger partial charge in [0.1, 0.15) is 6.07 Å². The molecule has 22 heavy (non-hydrogen) atoms. The van der Waals surface area contributed by atoms with E-state index in [0.29, 0.717) is 17.8 Å². The van der Waals surface area contributed by atoms with E-state index in [4.69, 9.17) is 0 Å². The Kier molecular flexibility index (Phi) is 3.64. The van der Waals surface area contributed by atoms with Crippen LogP contribution in [-0.2, 0) is 6.42 Å². The fraction of sp³-hybridized carbons (Fsp3) is 0.0714. The molecule has 0 N–H and O–H groups in total. The van der Waals surface area contributed by atoms with Crippen LogP contribution < -0.4 is 0 Å². The molecular weight excluding hydrogens is 302 g/mol.